The van der Waals surface area contributed by atoms with Crippen molar-refractivity contribution in [1.82, 2.24) is 9.80 Å². The molecule has 2 amide bonds. The molecule has 1 heterocycles. The van der Waals surface area contributed by atoms with Gasteiger partial charge in [0.15, 0.2) is 0 Å². The summed E-state index contributed by atoms with van der Waals surface area (Å²) in [6.07, 6.45) is 1.39. The minimum Gasteiger partial charge on any atom is -0.339 e. The molecule has 4 nitrogen and oxygen atoms in total. The second-order valence-corrected chi connectivity index (χ2v) is 9.14. The van der Waals surface area contributed by atoms with Gasteiger partial charge in [0, 0.05) is 44.4 Å². The van der Waals surface area contributed by atoms with Crippen LogP contribution in [0.5, 0.6) is 0 Å². The normalized spacial score (nSPS) is 20.0. The van der Waals surface area contributed by atoms with E-state index in [1.54, 1.807) is 0 Å². The van der Waals surface area contributed by atoms with Crippen LogP contribution in [0.1, 0.15) is 41.4 Å². The highest BCUT2D eigenvalue weighted by molar-refractivity contribution is 5.84. The summed E-state index contributed by atoms with van der Waals surface area (Å²) in [5, 5.41) is 0. The van der Waals surface area contributed by atoms with E-state index in [9.17, 15) is 9.59 Å². The molecule has 3 aromatic carbocycles. The Morgan fingerprint density at radius 1 is 0.697 bits per heavy atom. The van der Waals surface area contributed by atoms with Crippen molar-refractivity contribution >= 4 is 11.8 Å². The molecule has 1 saturated heterocycles. The van der Waals surface area contributed by atoms with Crippen LogP contribution in [0.15, 0.2) is 91.0 Å². The summed E-state index contributed by atoms with van der Waals surface area (Å²) in [6, 6.07) is 30.8. The van der Waals surface area contributed by atoms with Crippen molar-refractivity contribution in [3.05, 3.63) is 108 Å². The molecule has 2 aliphatic rings. The molecule has 0 spiro atoms. The maximum Gasteiger partial charge on any atom is 0.226 e. The Hall–Kier alpha value is -3.40. The van der Waals surface area contributed by atoms with Crippen molar-refractivity contribution in [2.24, 2.45) is 5.92 Å². The highest BCUT2D eigenvalue weighted by Crippen LogP contribution is 2.48. The van der Waals surface area contributed by atoms with Crippen LogP contribution in [0.4, 0.5) is 0 Å². The van der Waals surface area contributed by atoms with Crippen molar-refractivity contribution in [1.29, 1.82) is 0 Å². The van der Waals surface area contributed by atoms with Gasteiger partial charge in [0.25, 0.3) is 0 Å². The Morgan fingerprint density at radius 2 is 1.18 bits per heavy atom. The van der Waals surface area contributed by atoms with Gasteiger partial charge >= 0.3 is 0 Å². The third-order valence-corrected chi connectivity index (χ3v) is 7.06. The molecule has 0 aromatic heterocycles. The van der Waals surface area contributed by atoms with Crippen LogP contribution in [-0.4, -0.2) is 47.8 Å². The lowest BCUT2D eigenvalue weighted by Gasteiger charge is -2.35. The number of hydrogen-bond acceptors (Lipinski definition) is 2. The van der Waals surface area contributed by atoms with Gasteiger partial charge in [0.2, 0.25) is 11.8 Å². The molecular formula is C29H30N2O2. The van der Waals surface area contributed by atoms with Crippen LogP contribution in [0.2, 0.25) is 0 Å². The highest BCUT2D eigenvalue weighted by atomic mass is 16.2. The van der Waals surface area contributed by atoms with Crippen molar-refractivity contribution in [3.63, 3.8) is 0 Å². The van der Waals surface area contributed by atoms with Crippen LogP contribution in [0.25, 0.3) is 0 Å². The van der Waals surface area contributed by atoms with E-state index >= 15 is 0 Å². The van der Waals surface area contributed by atoms with Gasteiger partial charge in [-0.05, 0) is 29.0 Å². The fourth-order valence-electron chi connectivity index (χ4n) is 5.05. The summed E-state index contributed by atoms with van der Waals surface area (Å²) < 4.78 is 0. The lowest BCUT2D eigenvalue weighted by molar-refractivity contribution is -0.140. The zero-order valence-corrected chi connectivity index (χ0v) is 18.8. The minimum atomic E-state index is 0.0395. The molecule has 4 heteroatoms. The summed E-state index contributed by atoms with van der Waals surface area (Å²) in [4.78, 5) is 30.1. The molecule has 0 bridgehead atoms. The fraction of sp³-hybridized carbons (Fsp3) is 0.310. The summed E-state index contributed by atoms with van der Waals surface area (Å²) in [7, 11) is 0. The standard InChI is InChI=1S/C29H30N2O2/c32-28(21-25(22-10-4-1-5-11-22)23-12-6-2-7-13-23)30-16-18-31(19-17-30)29(33)27-20-26(27)24-14-8-3-9-15-24/h1-15,25-27H,16-21H2. The first-order valence-electron chi connectivity index (χ1n) is 11.9. The molecule has 0 radical (unpaired) electrons. The number of carbonyl (C=O) groups excluding carboxylic acids is 2. The van der Waals surface area contributed by atoms with Gasteiger partial charge in [-0.25, -0.2) is 0 Å². The van der Waals surface area contributed by atoms with E-state index in [1.807, 2.05) is 64.4 Å². The molecule has 33 heavy (non-hydrogen) atoms. The number of piperazine rings is 1. The Kier molecular flexibility index (Phi) is 6.25. The topological polar surface area (TPSA) is 40.6 Å². The maximum atomic E-state index is 13.2. The number of benzene rings is 3. The van der Waals surface area contributed by atoms with E-state index in [1.165, 1.54) is 5.56 Å². The first-order chi connectivity index (χ1) is 16.2. The van der Waals surface area contributed by atoms with Crippen molar-refractivity contribution < 1.29 is 9.59 Å². The van der Waals surface area contributed by atoms with Crippen LogP contribution in [-0.2, 0) is 9.59 Å². The molecule has 1 saturated carbocycles. The molecule has 2 unspecified atom stereocenters. The molecular weight excluding hydrogens is 408 g/mol. The van der Waals surface area contributed by atoms with Gasteiger partial charge in [-0.3, -0.25) is 9.59 Å². The second-order valence-electron chi connectivity index (χ2n) is 9.14. The summed E-state index contributed by atoms with van der Waals surface area (Å²) >= 11 is 0. The summed E-state index contributed by atoms with van der Waals surface area (Å²) in [5.41, 5.74) is 3.58. The Morgan fingerprint density at radius 3 is 1.73 bits per heavy atom. The Bertz CT molecular complexity index is 1040. The molecule has 2 fully saturated rings. The predicted molar refractivity (Wildman–Crippen MR) is 130 cm³/mol. The average Bonchev–Trinajstić information content (AvgIpc) is 3.69. The number of nitrogens with zero attached hydrogens (tertiary/aromatic N) is 2. The molecule has 1 aliphatic heterocycles. The van der Waals surface area contributed by atoms with Gasteiger partial charge in [0.1, 0.15) is 0 Å². The number of rotatable bonds is 6. The van der Waals surface area contributed by atoms with Gasteiger partial charge in [-0.15, -0.1) is 0 Å². The predicted octanol–water partition coefficient (Wildman–Crippen LogP) is 4.68. The van der Waals surface area contributed by atoms with Crippen molar-refractivity contribution in [2.75, 3.05) is 26.2 Å². The van der Waals surface area contributed by atoms with E-state index < -0.39 is 0 Å². The van der Waals surface area contributed by atoms with E-state index in [0.29, 0.717) is 38.5 Å². The first kappa shape index (κ1) is 21.4. The molecule has 2 atom stereocenters. The zero-order valence-electron chi connectivity index (χ0n) is 18.8. The van der Waals surface area contributed by atoms with E-state index in [4.69, 9.17) is 0 Å². The van der Waals surface area contributed by atoms with E-state index in [-0.39, 0.29) is 23.7 Å². The van der Waals surface area contributed by atoms with E-state index in [2.05, 4.69) is 36.4 Å². The molecule has 168 valence electrons. The third-order valence-electron chi connectivity index (χ3n) is 7.06. The number of carbonyl (C=O) groups is 2. The number of amides is 2. The molecule has 5 rings (SSSR count). The summed E-state index contributed by atoms with van der Waals surface area (Å²) in [6.45, 7) is 2.49. The molecule has 0 N–H and O–H groups in total. The quantitative estimate of drug-likeness (QED) is 0.561. The van der Waals surface area contributed by atoms with Crippen molar-refractivity contribution in [3.8, 4) is 0 Å². The Balaban J connectivity index is 1.18. The van der Waals surface area contributed by atoms with Gasteiger partial charge in [-0.2, -0.15) is 0 Å². The minimum absolute atomic E-state index is 0.0395. The third kappa shape index (κ3) is 4.85. The Labute approximate surface area is 195 Å². The van der Waals surface area contributed by atoms with E-state index in [0.717, 1.165) is 17.5 Å². The monoisotopic (exact) mass is 438 g/mol. The maximum absolute atomic E-state index is 13.2. The SMILES string of the molecule is O=C(CC(c1ccccc1)c1ccccc1)N1CCN(C(=O)C2CC2c2ccccc2)CC1. The highest BCUT2D eigenvalue weighted by Gasteiger charge is 2.46. The summed E-state index contributed by atoms with van der Waals surface area (Å²) in [5.74, 6) is 0.916. The van der Waals surface area contributed by atoms with Crippen LogP contribution < -0.4 is 0 Å². The van der Waals surface area contributed by atoms with Gasteiger partial charge < -0.3 is 9.80 Å². The largest absolute Gasteiger partial charge is 0.339 e. The first-order valence-corrected chi connectivity index (χ1v) is 11.9. The van der Waals surface area contributed by atoms with Crippen LogP contribution >= 0.6 is 0 Å². The smallest absolute Gasteiger partial charge is 0.226 e. The lowest BCUT2D eigenvalue weighted by Crippen LogP contribution is -2.51. The van der Waals surface area contributed by atoms with Gasteiger partial charge in [0.05, 0.1) is 0 Å². The van der Waals surface area contributed by atoms with Crippen LogP contribution in [0, 0.1) is 5.92 Å². The number of hydrogen-bond donors (Lipinski definition) is 0. The zero-order chi connectivity index (χ0) is 22.6. The van der Waals surface area contributed by atoms with Crippen molar-refractivity contribution in [2.45, 2.75) is 24.7 Å². The van der Waals surface area contributed by atoms with Gasteiger partial charge in [-0.1, -0.05) is 91.0 Å². The average molecular weight is 439 g/mol. The molecule has 1 aliphatic carbocycles. The van der Waals surface area contributed by atoms with Crippen LogP contribution in [0.3, 0.4) is 0 Å². The second kappa shape index (κ2) is 9.62. The molecule has 3 aromatic rings. The fourth-order valence-corrected chi connectivity index (χ4v) is 5.05. The lowest BCUT2D eigenvalue weighted by atomic mass is 9.88.